The van der Waals surface area contributed by atoms with Gasteiger partial charge < -0.3 is 18.7 Å². The Hall–Kier alpha value is -1.56. The molecule has 0 saturated carbocycles. The highest BCUT2D eigenvalue weighted by molar-refractivity contribution is 5.03. The zero-order valence-corrected chi connectivity index (χ0v) is 11.9. The number of ether oxygens (including phenoxy) is 1. The van der Waals surface area contributed by atoms with E-state index >= 15 is 0 Å². The van der Waals surface area contributed by atoms with E-state index in [0.29, 0.717) is 13.2 Å². The normalized spacial score (nSPS) is 14.6. The molecule has 2 aromatic heterocycles. The smallest absolute Gasteiger partial charge is 0.129 e. The van der Waals surface area contributed by atoms with Gasteiger partial charge in [0.15, 0.2) is 0 Å². The summed E-state index contributed by atoms with van der Waals surface area (Å²) in [6.45, 7) is 3.20. The standard InChI is InChI=1S/C15H21NO4/c1-12(15-6-4-8-20-15)16(2)9-13(17)10-18-11-14-5-3-7-19-14/h3-8,12-13,17H,9-11H2,1-2H3. The monoisotopic (exact) mass is 279 g/mol. The van der Waals surface area contributed by atoms with Crippen molar-refractivity contribution < 1.29 is 18.7 Å². The van der Waals surface area contributed by atoms with Gasteiger partial charge in [-0.15, -0.1) is 0 Å². The molecule has 2 aromatic rings. The van der Waals surface area contributed by atoms with E-state index < -0.39 is 6.10 Å². The van der Waals surface area contributed by atoms with E-state index in [9.17, 15) is 5.11 Å². The van der Waals surface area contributed by atoms with Crippen LogP contribution in [0.3, 0.4) is 0 Å². The van der Waals surface area contributed by atoms with Crippen molar-refractivity contribution in [3.63, 3.8) is 0 Å². The first kappa shape index (κ1) is 14.8. The molecule has 0 fully saturated rings. The lowest BCUT2D eigenvalue weighted by molar-refractivity contribution is 0.00268. The van der Waals surface area contributed by atoms with Crippen LogP contribution in [0.5, 0.6) is 0 Å². The van der Waals surface area contributed by atoms with Gasteiger partial charge in [0.1, 0.15) is 18.1 Å². The minimum absolute atomic E-state index is 0.115. The van der Waals surface area contributed by atoms with Gasteiger partial charge in [0.2, 0.25) is 0 Å². The van der Waals surface area contributed by atoms with Crippen molar-refractivity contribution in [3.05, 3.63) is 48.3 Å². The number of hydrogen-bond donors (Lipinski definition) is 1. The van der Waals surface area contributed by atoms with Crippen LogP contribution >= 0.6 is 0 Å². The molecule has 0 aliphatic carbocycles. The highest BCUT2D eigenvalue weighted by atomic mass is 16.5. The van der Waals surface area contributed by atoms with Crippen LogP contribution in [0.4, 0.5) is 0 Å². The highest BCUT2D eigenvalue weighted by Crippen LogP contribution is 2.18. The van der Waals surface area contributed by atoms with Crippen molar-refractivity contribution in [2.24, 2.45) is 0 Å². The van der Waals surface area contributed by atoms with Gasteiger partial charge in [0.05, 0.1) is 31.3 Å². The van der Waals surface area contributed by atoms with Crippen LogP contribution in [0.25, 0.3) is 0 Å². The lowest BCUT2D eigenvalue weighted by atomic mass is 10.2. The molecular weight excluding hydrogens is 258 g/mol. The van der Waals surface area contributed by atoms with Crippen LogP contribution in [0.1, 0.15) is 24.5 Å². The maximum absolute atomic E-state index is 9.97. The second-order valence-electron chi connectivity index (χ2n) is 4.88. The van der Waals surface area contributed by atoms with E-state index in [1.165, 1.54) is 0 Å². The van der Waals surface area contributed by atoms with Crippen molar-refractivity contribution in [1.29, 1.82) is 0 Å². The molecule has 0 saturated heterocycles. The third-order valence-electron chi connectivity index (χ3n) is 3.25. The van der Waals surface area contributed by atoms with Crippen LogP contribution in [0.2, 0.25) is 0 Å². The number of aliphatic hydroxyl groups excluding tert-OH is 1. The van der Waals surface area contributed by atoms with E-state index in [1.54, 1.807) is 12.5 Å². The van der Waals surface area contributed by atoms with Crippen molar-refractivity contribution in [1.82, 2.24) is 4.90 Å². The summed E-state index contributed by atoms with van der Waals surface area (Å²) in [5, 5.41) is 9.97. The maximum atomic E-state index is 9.97. The third-order valence-corrected chi connectivity index (χ3v) is 3.25. The highest BCUT2D eigenvalue weighted by Gasteiger charge is 2.17. The van der Waals surface area contributed by atoms with Gasteiger partial charge in [-0.25, -0.2) is 0 Å². The minimum Gasteiger partial charge on any atom is -0.468 e. The fraction of sp³-hybridized carbons (Fsp3) is 0.467. The molecule has 5 nitrogen and oxygen atoms in total. The Kier molecular flexibility index (Phi) is 5.40. The largest absolute Gasteiger partial charge is 0.468 e. The number of aliphatic hydroxyl groups is 1. The summed E-state index contributed by atoms with van der Waals surface area (Å²) in [7, 11) is 1.95. The summed E-state index contributed by atoms with van der Waals surface area (Å²) < 4.78 is 15.9. The van der Waals surface area contributed by atoms with E-state index in [2.05, 4.69) is 0 Å². The van der Waals surface area contributed by atoms with Gasteiger partial charge in [0, 0.05) is 6.54 Å². The van der Waals surface area contributed by atoms with E-state index in [0.717, 1.165) is 11.5 Å². The average molecular weight is 279 g/mol. The van der Waals surface area contributed by atoms with Crippen molar-refractivity contribution in [2.45, 2.75) is 25.7 Å². The van der Waals surface area contributed by atoms with Crippen molar-refractivity contribution in [3.8, 4) is 0 Å². The van der Waals surface area contributed by atoms with E-state index in [1.807, 2.05) is 43.1 Å². The molecule has 1 N–H and O–H groups in total. The number of likely N-dealkylation sites (N-methyl/N-ethyl adjacent to an activating group) is 1. The van der Waals surface area contributed by atoms with Crippen LogP contribution in [-0.4, -0.2) is 36.3 Å². The second kappa shape index (κ2) is 7.28. The molecular formula is C15H21NO4. The third kappa shape index (κ3) is 4.23. The Morgan fingerprint density at radius 2 is 2.00 bits per heavy atom. The number of furan rings is 2. The molecule has 2 heterocycles. The van der Waals surface area contributed by atoms with Gasteiger partial charge in [-0.05, 0) is 38.2 Å². The Morgan fingerprint density at radius 3 is 2.65 bits per heavy atom. The van der Waals surface area contributed by atoms with Crippen LogP contribution in [-0.2, 0) is 11.3 Å². The van der Waals surface area contributed by atoms with Gasteiger partial charge in [-0.3, -0.25) is 4.90 Å². The SMILES string of the molecule is CC(c1ccco1)N(C)CC(O)COCc1ccco1. The lowest BCUT2D eigenvalue weighted by Crippen LogP contribution is -2.33. The van der Waals surface area contributed by atoms with E-state index in [-0.39, 0.29) is 12.6 Å². The number of rotatable bonds is 8. The lowest BCUT2D eigenvalue weighted by Gasteiger charge is -2.25. The molecule has 5 heteroatoms. The summed E-state index contributed by atoms with van der Waals surface area (Å²) in [5.41, 5.74) is 0. The molecule has 0 spiro atoms. The maximum Gasteiger partial charge on any atom is 0.129 e. The Labute approximate surface area is 118 Å². The van der Waals surface area contributed by atoms with Gasteiger partial charge in [-0.2, -0.15) is 0 Å². The Bertz CT molecular complexity index is 466. The molecule has 0 amide bonds. The number of nitrogens with zero attached hydrogens (tertiary/aromatic N) is 1. The van der Waals surface area contributed by atoms with Crippen LogP contribution < -0.4 is 0 Å². The van der Waals surface area contributed by atoms with Gasteiger partial charge >= 0.3 is 0 Å². The molecule has 110 valence electrons. The first-order valence-electron chi connectivity index (χ1n) is 6.68. The molecule has 2 atom stereocenters. The fourth-order valence-corrected chi connectivity index (χ4v) is 1.98. The molecule has 2 rings (SSSR count). The topological polar surface area (TPSA) is 59.0 Å². The predicted octanol–water partition coefficient (Wildman–Crippen LogP) is 2.44. The van der Waals surface area contributed by atoms with Crippen LogP contribution in [0.15, 0.2) is 45.6 Å². The molecule has 0 aromatic carbocycles. The quantitative estimate of drug-likeness (QED) is 0.804. The fourth-order valence-electron chi connectivity index (χ4n) is 1.98. The summed E-state index contributed by atoms with van der Waals surface area (Å²) in [4.78, 5) is 2.03. The summed E-state index contributed by atoms with van der Waals surface area (Å²) >= 11 is 0. The minimum atomic E-state index is -0.549. The Morgan fingerprint density at radius 1 is 1.25 bits per heavy atom. The van der Waals surface area contributed by atoms with Gasteiger partial charge in [0.25, 0.3) is 0 Å². The summed E-state index contributed by atoms with van der Waals surface area (Å²) in [6, 6.07) is 7.57. The first-order valence-corrected chi connectivity index (χ1v) is 6.68. The summed E-state index contributed by atoms with van der Waals surface area (Å²) in [5.74, 6) is 1.64. The molecule has 0 aliphatic rings. The number of hydrogen-bond acceptors (Lipinski definition) is 5. The van der Waals surface area contributed by atoms with Crippen LogP contribution in [0, 0.1) is 0 Å². The molecule has 20 heavy (non-hydrogen) atoms. The van der Waals surface area contributed by atoms with Crippen molar-refractivity contribution in [2.75, 3.05) is 20.2 Å². The molecule has 0 radical (unpaired) electrons. The average Bonchev–Trinajstić information content (AvgIpc) is 3.10. The summed E-state index contributed by atoms with van der Waals surface area (Å²) in [6.07, 6.45) is 2.71. The van der Waals surface area contributed by atoms with Crippen molar-refractivity contribution >= 4 is 0 Å². The van der Waals surface area contributed by atoms with E-state index in [4.69, 9.17) is 13.6 Å². The Balaban J connectivity index is 1.69. The zero-order valence-electron chi connectivity index (χ0n) is 11.9. The second-order valence-corrected chi connectivity index (χ2v) is 4.88. The molecule has 0 aliphatic heterocycles. The first-order chi connectivity index (χ1) is 9.66. The molecule has 0 bridgehead atoms. The predicted molar refractivity (Wildman–Crippen MR) is 74.1 cm³/mol. The molecule has 2 unspecified atom stereocenters. The zero-order chi connectivity index (χ0) is 14.4. The van der Waals surface area contributed by atoms with Gasteiger partial charge in [-0.1, -0.05) is 0 Å².